The third-order valence-electron chi connectivity index (χ3n) is 2.91. The van der Waals surface area contributed by atoms with Crippen LogP contribution < -0.4 is 5.73 Å². The van der Waals surface area contributed by atoms with Crippen LogP contribution in [0.2, 0.25) is 0 Å². The first-order chi connectivity index (χ1) is 8.91. The van der Waals surface area contributed by atoms with Crippen molar-refractivity contribution >= 4 is 38.0 Å². The molecule has 0 spiro atoms. The highest BCUT2D eigenvalue weighted by Crippen LogP contribution is 2.18. The van der Waals surface area contributed by atoms with Gasteiger partial charge in [-0.2, -0.15) is 4.31 Å². The lowest BCUT2D eigenvalue weighted by molar-refractivity contribution is 0.438. The largest absolute Gasteiger partial charge is 0.389 e. The zero-order valence-corrected chi connectivity index (χ0v) is 12.6. The van der Waals surface area contributed by atoms with Crippen molar-refractivity contribution < 1.29 is 12.6 Å². The number of thiocarbonyl (C=S) groups is 1. The summed E-state index contributed by atoms with van der Waals surface area (Å²) >= 11 is 4.82. The molecular formula is C11H14N2O3S3. The lowest BCUT2D eigenvalue weighted by Crippen LogP contribution is -2.41. The van der Waals surface area contributed by atoms with Crippen LogP contribution in [0.25, 0.3) is 0 Å². The lowest BCUT2D eigenvalue weighted by Gasteiger charge is -2.25. The molecule has 0 aromatic heterocycles. The minimum absolute atomic E-state index is 0.209. The molecule has 0 unspecified atom stereocenters. The van der Waals surface area contributed by atoms with Crippen molar-refractivity contribution in [3.05, 3.63) is 29.8 Å². The zero-order chi connectivity index (χ0) is 14.0. The first-order valence-corrected chi connectivity index (χ1v) is 9.00. The molecule has 0 bridgehead atoms. The topological polar surface area (TPSA) is 80.5 Å². The maximum Gasteiger partial charge on any atom is 0.243 e. The van der Waals surface area contributed by atoms with Gasteiger partial charge >= 0.3 is 0 Å². The van der Waals surface area contributed by atoms with Gasteiger partial charge in [0.15, 0.2) is 0 Å². The molecule has 0 amide bonds. The second-order valence-corrected chi connectivity index (χ2v) is 8.21. The molecule has 0 atom stereocenters. The van der Waals surface area contributed by atoms with Crippen LogP contribution in [-0.4, -0.2) is 46.5 Å². The van der Waals surface area contributed by atoms with E-state index in [1.54, 1.807) is 12.1 Å². The lowest BCUT2D eigenvalue weighted by atomic mass is 10.2. The van der Waals surface area contributed by atoms with Gasteiger partial charge in [0, 0.05) is 41.0 Å². The van der Waals surface area contributed by atoms with Crippen LogP contribution in [0, 0.1) is 0 Å². The number of benzene rings is 1. The Hall–Kier alpha value is -0.830. The third kappa shape index (κ3) is 3.19. The molecule has 19 heavy (non-hydrogen) atoms. The predicted molar refractivity (Wildman–Crippen MR) is 79.0 cm³/mol. The molecule has 5 nitrogen and oxygen atoms in total. The van der Waals surface area contributed by atoms with Gasteiger partial charge in [0.25, 0.3) is 0 Å². The molecule has 8 heteroatoms. The molecular weight excluding hydrogens is 304 g/mol. The van der Waals surface area contributed by atoms with E-state index in [-0.39, 0.29) is 9.88 Å². The Morgan fingerprint density at radius 1 is 1.21 bits per heavy atom. The maximum absolute atomic E-state index is 12.3. The molecule has 2 N–H and O–H groups in total. The minimum Gasteiger partial charge on any atom is -0.389 e. The Morgan fingerprint density at radius 3 is 2.21 bits per heavy atom. The van der Waals surface area contributed by atoms with Gasteiger partial charge in [0.05, 0.1) is 4.90 Å². The van der Waals surface area contributed by atoms with E-state index < -0.39 is 20.8 Å². The van der Waals surface area contributed by atoms with E-state index in [1.165, 1.54) is 16.4 Å². The van der Waals surface area contributed by atoms with Crippen LogP contribution in [0.3, 0.4) is 0 Å². The molecule has 1 saturated heterocycles. The number of rotatable bonds is 3. The average molecular weight is 318 g/mol. The van der Waals surface area contributed by atoms with E-state index in [0.717, 1.165) is 0 Å². The monoisotopic (exact) mass is 318 g/mol. The molecule has 0 aliphatic carbocycles. The number of hydrogen-bond acceptors (Lipinski definition) is 4. The molecule has 104 valence electrons. The molecule has 2 rings (SSSR count). The Balaban J connectivity index is 2.24. The molecule has 1 aromatic carbocycles. The summed E-state index contributed by atoms with van der Waals surface area (Å²) in [5.41, 5.74) is 6.10. The van der Waals surface area contributed by atoms with Crippen molar-refractivity contribution in [2.75, 3.05) is 24.6 Å². The predicted octanol–water partition coefficient (Wildman–Crippen LogP) is 0.0738. The normalized spacial score (nSPS) is 18.3. The van der Waals surface area contributed by atoms with Gasteiger partial charge in [-0.15, -0.1) is 0 Å². The van der Waals surface area contributed by atoms with E-state index >= 15 is 0 Å². The Bertz CT molecular complexity index is 601. The Morgan fingerprint density at radius 2 is 1.74 bits per heavy atom. The van der Waals surface area contributed by atoms with E-state index in [0.29, 0.717) is 30.2 Å². The van der Waals surface area contributed by atoms with Crippen molar-refractivity contribution in [3.8, 4) is 0 Å². The van der Waals surface area contributed by atoms with Crippen LogP contribution in [0.1, 0.15) is 5.56 Å². The summed E-state index contributed by atoms with van der Waals surface area (Å²) in [6.07, 6.45) is 0. The second kappa shape index (κ2) is 5.66. The van der Waals surface area contributed by atoms with E-state index in [2.05, 4.69) is 0 Å². The Kier molecular flexibility index (Phi) is 4.34. The Labute approximate surface area is 120 Å². The van der Waals surface area contributed by atoms with E-state index in [4.69, 9.17) is 18.0 Å². The molecule has 1 aromatic rings. The van der Waals surface area contributed by atoms with Gasteiger partial charge < -0.3 is 5.73 Å². The summed E-state index contributed by atoms with van der Waals surface area (Å²) in [7, 11) is -4.41. The van der Waals surface area contributed by atoms with Crippen LogP contribution in [0.15, 0.2) is 29.2 Å². The van der Waals surface area contributed by atoms with Gasteiger partial charge in [0.2, 0.25) is 10.0 Å². The molecule has 1 fully saturated rings. The standard InChI is InChI=1S/C11H14N2O3S3/c12-11(17)9-1-3-10(4-2-9)19(15,16)13-5-7-18(14)8-6-13/h1-4H,5-8H2,(H2,12,17). The minimum atomic E-state index is -3.51. The number of nitrogens with two attached hydrogens (primary N) is 1. The van der Waals surface area contributed by atoms with Crippen molar-refractivity contribution in [2.45, 2.75) is 4.90 Å². The highest BCUT2D eigenvalue weighted by Gasteiger charge is 2.27. The number of nitrogens with zero attached hydrogens (tertiary/aromatic N) is 1. The highest BCUT2D eigenvalue weighted by molar-refractivity contribution is 7.89. The zero-order valence-electron chi connectivity index (χ0n) is 10.1. The number of sulfonamides is 1. The second-order valence-electron chi connectivity index (χ2n) is 4.14. The van der Waals surface area contributed by atoms with Gasteiger partial charge in [0.1, 0.15) is 4.99 Å². The quantitative estimate of drug-likeness (QED) is 0.798. The molecule has 1 aliphatic rings. The van der Waals surface area contributed by atoms with Crippen molar-refractivity contribution in [2.24, 2.45) is 5.73 Å². The summed E-state index contributed by atoms with van der Waals surface area (Å²) < 4.78 is 37.3. The van der Waals surface area contributed by atoms with Crippen molar-refractivity contribution in [3.63, 3.8) is 0 Å². The van der Waals surface area contributed by atoms with Crippen molar-refractivity contribution in [1.82, 2.24) is 4.31 Å². The molecule has 0 radical (unpaired) electrons. The maximum atomic E-state index is 12.3. The molecule has 0 saturated carbocycles. The smallest absolute Gasteiger partial charge is 0.243 e. The molecule has 1 heterocycles. The first-order valence-electron chi connectivity index (χ1n) is 5.66. The SMILES string of the molecule is NC(=S)c1ccc(S(=O)(=O)N2CCS(=O)CC2)cc1. The summed E-state index contributed by atoms with van der Waals surface area (Å²) in [6.45, 7) is 0.595. The first kappa shape index (κ1) is 14.6. The fourth-order valence-corrected chi connectivity index (χ4v) is 4.66. The summed E-state index contributed by atoms with van der Waals surface area (Å²) in [5, 5.41) is 0. The third-order valence-corrected chi connectivity index (χ3v) is 6.34. The average Bonchev–Trinajstić information content (AvgIpc) is 2.39. The fraction of sp³-hybridized carbons (Fsp3) is 0.364. The van der Waals surface area contributed by atoms with Gasteiger partial charge in [-0.25, -0.2) is 8.42 Å². The summed E-state index contributed by atoms with van der Waals surface area (Å²) in [4.78, 5) is 0.442. The van der Waals surface area contributed by atoms with Crippen LogP contribution in [0.4, 0.5) is 0 Å². The van der Waals surface area contributed by atoms with Gasteiger partial charge in [-0.1, -0.05) is 24.4 Å². The van der Waals surface area contributed by atoms with Gasteiger partial charge in [-0.3, -0.25) is 4.21 Å². The van der Waals surface area contributed by atoms with Crippen LogP contribution in [0.5, 0.6) is 0 Å². The molecule has 1 aliphatic heterocycles. The van der Waals surface area contributed by atoms with Crippen LogP contribution in [-0.2, 0) is 20.8 Å². The summed E-state index contributed by atoms with van der Waals surface area (Å²) in [5.74, 6) is 0.786. The number of hydrogen-bond donors (Lipinski definition) is 1. The van der Waals surface area contributed by atoms with Crippen LogP contribution >= 0.6 is 12.2 Å². The van der Waals surface area contributed by atoms with E-state index in [1.807, 2.05) is 0 Å². The van der Waals surface area contributed by atoms with Gasteiger partial charge in [-0.05, 0) is 12.1 Å². The summed E-state index contributed by atoms with van der Waals surface area (Å²) in [6, 6.07) is 6.18. The fourth-order valence-electron chi connectivity index (χ4n) is 1.80. The van der Waals surface area contributed by atoms with Crippen molar-refractivity contribution in [1.29, 1.82) is 0 Å². The highest BCUT2D eigenvalue weighted by atomic mass is 32.2. The van der Waals surface area contributed by atoms with E-state index in [9.17, 15) is 12.6 Å².